The molecule has 3 N–H and O–H groups in total. The maximum absolute atomic E-state index is 12.3. The van der Waals surface area contributed by atoms with E-state index in [1.54, 1.807) is 36.4 Å². The van der Waals surface area contributed by atoms with Crippen LogP contribution in [0.2, 0.25) is 0 Å². The number of methoxy groups -OCH3 is 1. The Labute approximate surface area is 167 Å². The summed E-state index contributed by atoms with van der Waals surface area (Å²) in [4.78, 5) is 36.5. The van der Waals surface area contributed by atoms with Crippen LogP contribution >= 0.6 is 0 Å². The molecule has 2 aromatic carbocycles. The van der Waals surface area contributed by atoms with Gasteiger partial charge in [0.25, 0.3) is 11.8 Å². The molecular formula is C20H21N3O6. The third-order valence-corrected chi connectivity index (χ3v) is 4.12. The lowest BCUT2D eigenvalue weighted by atomic mass is 10.1. The maximum atomic E-state index is 12.3. The molecule has 1 aliphatic heterocycles. The number of nitrogens with one attached hydrogen (secondary N) is 3. The SMILES string of the molecule is CCOc1ccc(C(=O)NNC(=O)C[C@@H]2Oc3ccccc3NC2=O)cc1OC. The van der Waals surface area contributed by atoms with E-state index >= 15 is 0 Å². The summed E-state index contributed by atoms with van der Waals surface area (Å²) in [7, 11) is 1.47. The maximum Gasteiger partial charge on any atom is 0.269 e. The van der Waals surface area contributed by atoms with Gasteiger partial charge in [0.1, 0.15) is 5.75 Å². The molecule has 0 spiro atoms. The standard InChI is InChI=1S/C20H21N3O6/c1-3-28-15-9-8-12(10-16(15)27-2)19(25)23-22-18(24)11-17-20(26)21-13-6-4-5-7-14(13)29-17/h4-10,17H,3,11H2,1-2H3,(H,21,26)(H,22,24)(H,23,25)/t17-/m0/s1. The van der Waals surface area contributed by atoms with Gasteiger partial charge in [-0.15, -0.1) is 0 Å². The molecule has 9 nitrogen and oxygen atoms in total. The average molecular weight is 399 g/mol. The molecule has 0 fully saturated rings. The summed E-state index contributed by atoms with van der Waals surface area (Å²) in [6.07, 6.45) is -1.25. The van der Waals surface area contributed by atoms with Crippen LogP contribution in [0.5, 0.6) is 17.2 Å². The molecule has 0 bridgehead atoms. The molecule has 152 valence electrons. The number of ether oxygens (including phenoxy) is 3. The summed E-state index contributed by atoms with van der Waals surface area (Å²) >= 11 is 0. The van der Waals surface area contributed by atoms with Gasteiger partial charge >= 0.3 is 0 Å². The van der Waals surface area contributed by atoms with Gasteiger partial charge in [0, 0.05) is 5.56 Å². The molecule has 9 heteroatoms. The molecule has 1 aliphatic rings. The minimum atomic E-state index is -0.993. The topological polar surface area (TPSA) is 115 Å². The molecule has 2 aromatic rings. The number of para-hydroxylation sites is 2. The smallest absolute Gasteiger partial charge is 0.269 e. The number of hydrazine groups is 1. The number of hydrogen-bond acceptors (Lipinski definition) is 6. The predicted octanol–water partition coefficient (Wildman–Crippen LogP) is 1.64. The first-order valence-corrected chi connectivity index (χ1v) is 8.98. The number of fused-ring (bicyclic) bond motifs is 1. The van der Waals surface area contributed by atoms with Crippen LogP contribution in [0, 0.1) is 0 Å². The van der Waals surface area contributed by atoms with Gasteiger partial charge in [-0.3, -0.25) is 25.2 Å². The highest BCUT2D eigenvalue weighted by Crippen LogP contribution is 2.30. The molecule has 0 aliphatic carbocycles. The minimum Gasteiger partial charge on any atom is -0.493 e. The monoisotopic (exact) mass is 399 g/mol. The van der Waals surface area contributed by atoms with E-state index in [0.717, 1.165) is 0 Å². The van der Waals surface area contributed by atoms with Crippen LogP contribution in [0.4, 0.5) is 5.69 Å². The van der Waals surface area contributed by atoms with E-state index in [4.69, 9.17) is 14.2 Å². The van der Waals surface area contributed by atoms with Gasteiger partial charge in [0.05, 0.1) is 25.8 Å². The van der Waals surface area contributed by atoms with E-state index < -0.39 is 23.8 Å². The third-order valence-electron chi connectivity index (χ3n) is 4.12. The Balaban J connectivity index is 1.55. The fraction of sp³-hybridized carbons (Fsp3) is 0.250. The van der Waals surface area contributed by atoms with E-state index in [2.05, 4.69) is 16.2 Å². The Morgan fingerprint density at radius 2 is 1.93 bits per heavy atom. The van der Waals surface area contributed by atoms with Gasteiger partial charge in [0.2, 0.25) is 5.91 Å². The van der Waals surface area contributed by atoms with Crippen LogP contribution < -0.4 is 30.4 Å². The van der Waals surface area contributed by atoms with Gasteiger partial charge in [-0.25, -0.2) is 0 Å². The Morgan fingerprint density at radius 3 is 2.69 bits per heavy atom. The number of hydrogen-bond donors (Lipinski definition) is 3. The third kappa shape index (κ3) is 4.75. The van der Waals surface area contributed by atoms with Crippen molar-refractivity contribution in [2.24, 2.45) is 0 Å². The zero-order valence-electron chi connectivity index (χ0n) is 16.0. The van der Waals surface area contributed by atoms with E-state index in [9.17, 15) is 14.4 Å². The molecule has 0 radical (unpaired) electrons. The van der Waals surface area contributed by atoms with Crippen molar-refractivity contribution in [3.05, 3.63) is 48.0 Å². The van der Waals surface area contributed by atoms with Crippen LogP contribution in [-0.4, -0.2) is 37.5 Å². The van der Waals surface area contributed by atoms with Crippen molar-refractivity contribution in [1.29, 1.82) is 0 Å². The molecule has 1 heterocycles. The molecule has 0 saturated carbocycles. The number of benzene rings is 2. The minimum absolute atomic E-state index is 0.257. The van der Waals surface area contributed by atoms with Crippen molar-refractivity contribution < 1.29 is 28.6 Å². The molecule has 3 rings (SSSR count). The van der Waals surface area contributed by atoms with E-state index in [0.29, 0.717) is 29.5 Å². The average Bonchev–Trinajstić information content (AvgIpc) is 2.73. The second-order valence-corrected chi connectivity index (χ2v) is 6.10. The quantitative estimate of drug-likeness (QED) is 0.636. The lowest BCUT2D eigenvalue weighted by Gasteiger charge is -2.25. The molecule has 29 heavy (non-hydrogen) atoms. The largest absolute Gasteiger partial charge is 0.493 e. The molecule has 0 aromatic heterocycles. The lowest BCUT2D eigenvalue weighted by Crippen LogP contribution is -2.46. The van der Waals surface area contributed by atoms with Gasteiger partial charge < -0.3 is 19.5 Å². The van der Waals surface area contributed by atoms with E-state index in [1.807, 2.05) is 6.92 Å². The van der Waals surface area contributed by atoms with Crippen LogP contribution in [0.1, 0.15) is 23.7 Å². The lowest BCUT2D eigenvalue weighted by molar-refractivity contribution is -0.130. The van der Waals surface area contributed by atoms with Crippen LogP contribution in [0.15, 0.2) is 42.5 Å². The summed E-state index contributed by atoms with van der Waals surface area (Å²) in [5, 5.41) is 2.68. The first kappa shape index (κ1) is 20.0. The molecular weight excluding hydrogens is 378 g/mol. The van der Waals surface area contributed by atoms with E-state index in [1.165, 1.54) is 13.2 Å². The highest BCUT2D eigenvalue weighted by atomic mass is 16.5. The fourth-order valence-electron chi connectivity index (χ4n) is 2.73. The van der Waals surface area contributed by atoms with Crippen molar-refractivity contribution in [3.63, 3.8) is 0 Å². The molecule has 0 saturated heterocycles. The van der Waals surface area contributed by atoms with Crippen molar-refractivity contribution in [2.45, 2.75) is 19.4 Å². The van der Waals surface area contributed by atoms with Gasteiger partial charge in [-0.05, 0) is 37.3 Å². The Kier molecular flexibility index (Phi) is 6.18. The highest BCUT2D eigenvalue weighted by Gasteiger charge is 2.29. The van der Waals surface area contributed by atoms with E-state index in [-0.39, 0.29) is 12.0 Å². The summed E-state index contributed by atoms with van der Waals surface area (Å²) in [6.45, 7) is 2.30. The first-order chi connectivity index (χ1) is 14.0. The number of carbonyl (C=O) groups is 3. The zero-order valence-corrected chi connectivity index (χ0v) is 16.0. The Morgan fingerprint density at radius 1 is 1.14 bits per heavy atom. The fourth-order valence-corrected chi connectivity index (χ4v) is 2.73. The van der Waals surface area contributed by atoms with Crippen molar-refractivity contribution in [2.75, 3.05) is 19.0 Å². The highest BCUT2D eigenvalue weighted by molar-refractivity contribution is 6.00. The van der Waals surface area contributed by atoms with Crippen molar-refractivity contribution >= 4 is 23.4 Å². The number of rotatable bonds is 6. The van der Waals surface area contributed by atoms with Gasteiger partial charge in [0.15, 0.2) is 17.6 Å². The predicted molar refractivity (Wildman–Crippen MR) is 104 cm³/mol. The van der Waals surface area contributed by atoms with Crippen LogP contribution in [-0.2, 0) is 9.59 Å². The molecule has 1 atom stereocenters. The van der Waals surface area contributed by atoms with Crippen LogP contribution in [0.3, 0.4) is 0 Å². The normalized spacial score (nSPS) is 14.7. The Hall–Kier alpha value is -3.75. The van der Waals surface area contributed by atoms with Crippen molar-refractivity contribution in [3.8, 4) is 17.2 Å². The second kappa shape index (κ2) is 8.96. The zero-order chi connectivity index (χ0) is 20.8. The molecule has 3 amide bonds. The molecule has 0 unspecified atom stereocenters. The number of carbonyl (C=O) groups excluding carboxylic acids is 3. The summed E-state index contributed by atoms with van der Waals surface area (Å²) in [5.41, 5.74) is 5.40. The Bertz CT molecular complexity index is 930. The second-order valence-electron chi connectivity index (χ2n) is 6.10. The summed E-state index contributed by atoms with van der Waals surface area (Å²) in [5.74, 6) is -0.153. The first-order valence-electron chi connectivity index (χ1n) is 8.98. The van der Waals surface area contributed by atoms with Crippen LogP contribution in [0.25, 0.3) is 0 Å². The number of amides is 3. The number of anilines is 1. The van der Waals surface area contributed by atoms with Crippen molar-refractivity contribution in [1.82, 2.24) is 10.9 Å². The summed E-state index contributed by atoms with van der Waals surface area (Å²) < 4.78 is 16.2. The van der Waals surface area contributed by atoms with Gasteiger partial charge in [-0.1, -0.05) is 12.1 Å². The summed E-state index contributed by atoms with van der Waals surface area (Å²) in [6, 6.07) is 11.6. The van der Waals surface area contributed by atoms with Gasteiger partial charge in [-0.2, -0.15) is 0 Å².